The molecule has 0 unspecified atom stereocenters. The van der Waals surface area contributed by atoms with Crippen molar-refractivity contribution in [3.63, 3.8) is 0 Å². The van der Waals surface area contributed by atoms with Crippen LogP contribution in [0, 0.1) is 11.6 Å². The van der Waals surface area contributed by atoms with E-state index in [-0.39, 0.29) is 23.8 Å². The van der Waals surface area contributed by atoms with Crippen molar-refractivity contribution >= 4 is 10.0 Å². The fourth-order valence-corrected chi connectivity index (χ4v) is 2.61. The highest BCUT2D eigenvalue weighted by Crippen LogP contribution is 2.15. The zero-order valence-electron chi connectivity index (χ0n) is 10.9. The molecule has 0 aromatic heterocycles. The van der Waals surface area contributed by atoms with Gasteiger partial charge in [-0.15, -0.1) is 0 Å². The topological polar surface area (TPSA) is 55.4 Å². The quantitative estimate of drug-likeness (QED) is 0.833. The molecule has 0 saturated carbocycles. The van der Waals surface area contributed by atoms with Crippen LogP contribution in [-0.4, -0.2) is 21.6 Å². The summed E-state index contributed by atoms with van der Waals surface area (Å²) in [5.41, 5.74) is 0. The molecule has 21 heavy (non-hydrogen) atoms. The van der Waals surface area contributed by atoms with Crippen LogP contribution < -0.4 is 9.46 Å². The Balaban J connectivity index is 1.88. The lowest BCUT2D eigenvalue weighted by Gasteiger charge is -2.09. The molecule has 0 aliphatic rings. The second kappa shape index (κ2) is 6.64. The minimum absolute atomic E-state index is 0.0264. The normalized spacial score (nSPS) is 11.3. The van der Waals surface area contributed by atoms with Gasteiger partial charge in [-0.05, 0) is 36.4 Å². The molecule has 112 valence electrons. The van der Waals surface area contributed by atoms with Crippen molar-refractivity contribution in [3.8, 4) is 5.75 Å². The molecule has 0 amide bonds. The second-order valence-corrected chi connectivity index (χ2v) is 5.90. The van der Waals surface area contributed by atoms with E-state index in [1.54, 1.807) is 6.07 Å². The van der Waals surface area contributed by atoms with Crippen molar-refractivity contribution < 1.29 is 21.9 Å². The number of sulfonamides is 1. The minimum Gasteiger partial charge on any atom is -0.489 e. The first kappa shape index (κ1) is 15.4. The van der Waals surface area contributed by atoms with Crippen LogP contribution in [0.3, 0.4) is 0 Å². The van der Waals surface area contributed by atoms with Gasteiger partial charge in [0.05, 0.1) is 4.90 Å². The highest BCUT2D eigenvalue weighted by Gasteiger charge is 2.13. The van der Waals surface area contributed by atoms with Crippen LogP contribution in [0.1, 0.15) is 0 Å². The van der Waals surface area contributed by atoms with Gasteiger partial charge in [0.1, 0.15) is 12.4 Å². The van der Waals surface area contributed by atoms with E-state index in [2.05, 4.69) is 4.72 Å². The molecular formula is C14H13F2NO3S. The summed E-state index contributed by atoms with van der Waals surface area (Å²) in [4.78, 5) is -0.0465. The van der Waals surface area contributed by atoms with Crippen molar-refractivity contribution in [2.24, 2.45) is 0 Å². The Labute approximate surface area is 121 Å². The maximum Gasteiger partial charge on any atom is 0.240 e. The molecular weight excluding hydrogens is 300 g/mol. The second-order valence-electron chi connectivity index (χ2n) is 4.13. The molecule has 7 heteroatoms. The van der Waals surface area contributed by atoms with Gasteiger partial charge in [-0.1, -0.05) is 12.1 Å². The molecule has 0 aliphatic carbocycles. The number of hydrogen-bond donors (Lipinski definition) is 1. The highest BCUT2D eigenvalue weighted by molar-refractivity contribution is 7.89. The predicted molar refractivity (Wildman–Crippen MR) is 73.5 cm³/mol. The van der Waals surface area contributed by atoms with Gasteiger partial charge >= 0.3 is 0 Å². The zero-order valence-corrected chi connectivity index (χ0v) is 11.7. The molecule has 0 aliphatic heterocycles. The van der Waals surface area contributed by atoms with Gasteiger partial charge in [-0.3, -0.25) is 0 Å². The molecule has 2 aromatic carbocycles. The van der Waals surface area contributed by atoms with Crippen LogP contribution in [0.2, 0.25) is 0 Å². The Hall–Kier alpha value is -1.99. The Morgan fingerprint density at radius 2 is 1.67 bits per heavy atom. The van der Waals surface area contributed by atoms with E-state index in [0.717, 1.165) is 24.3 Å². The maximum atomic E-state index is 13.3. The fraction of sp³-hybridized carbons (Fsp3) is 0.143. The fourth-order valence-electron chi connectivity index (χ4n) is 1.60. The van der Waals surface area contributed by atoms with Crippen LogP contribution in [0.25, 0.3) is 0 Å². The van der Waals surface area contributed by atoms with Crippen LogP contribution in [-0.2, 0) is 10.0 Å². The smallest absolute Gasteiger partial charge is 0.240 e. The number of benzene rings is 2. The van der Waals surface area contributed by atoms with Crippen molar-refractivity contribution in [2.45, 2.75) is 4.90 Å². The number of halogens is 2. The average Bonchev–Trinajstić information content (AvgIpc) is 2.46. The maximum absolute atomic E-state index is 13.3. The summed E-state index contributed by atoms with van der Waals surface area (Å²) in [5.74, 6) is -0.978. The lowest BCUT2D eigenvalue weighted by molar-refractivity contribution is 0.306. The monoisotopic (exact) mass is 313 g/mol. The average molecular weight is 313 g/mol. The molecule has 1 N–H and O–H groups in total. The summed E-state index contributed by atoms with van der Waals surface area (Å²) < 4.78 is 57.1. The summed E-state index contributed by atoms with van der Waals surface area (Å²) >= 11 is 0. The first-order valence-corrected chi connectivity index (χ1v) is 7.60. The van der Waals surface area contributed by atoms with Crippen molar-refractivity contribution in [1.82, 2.24) is 4.72 Å². The highest BCUT2D eigenvalue weighted by atomic mass is 32.2. The summed E-state index contributed by atoms with van der Waals surface area (Å²) in [6.07, 6.45) is 0. The van der Waals surface area contributed by atoms with E-state index in [1.165, 1.54) is 18.2 Å². The van der Waals surface area contributed by atoms with Crippen LogP contribution in [0.15, 0.2) is 53.4 Å². The van der Waals surface area contributed by atoms with E-state index < -0.39 is 21.7 Å². The standard InChI is InChI=1S/C14H13F2NO3S/c15-11-5-7-12(8-6-11)21(18,19)17-9-10-20-14-4-2-1-3-13(14)16/h1-8,17H,9-10H2. The third-order valence-corrected chi connectivity index (χ3v) is 4.09. The van der Waals surface area contributed by atoms with E-state index in [1.807, 2.05) is 0 Å². The van der Waals surface area contributed by atoms with Gasteiger partial charge in [0.25, 0.3) is 0 Å². The number of para-hydroxylation sites is 1. The Morgan fingerprint density at radius 1 is 1.00 bits per heavy atom. The summed E-state index contributed by atoms with van der Waals surface area (Å²) in [6, 6.07) is 10.3. The van der Waals surface area contributed by atoms with Gasteiger partial charge in [0, 0.05) is 6.54 Å². The zero-order chi connectivity index (χ0) is 15.3. The predicted octanol–water partition coefficient (Wildman–Crippen LogP) is 2.32. The van der Waals surface area contributed by atoms with Gasteiger partial charge in [-0.2, -0.15) is 0 Å². The summed E-state index contributed by atoms with van der Waals surface area (Å²) in [7, 11) is -3.73. The Kier molecular flexibility index (Phi) is 4.87. The number of ether oxygens (including phenoxy) is 1. The lowest BCUT2D eigenvalue weighted by Crippen LogP contribution is -2.28. The number of nitrogens with one attached hydrogen (secondary N) is 1. The van der Waals surface area contributed by atoms with E-state index in [4.69, 9.17) is 4.74 Å². The molecule has 0 saturated heterocycles. The van der Waals surface area contributed by atoms with Crippen LogP contribution in [0.5, 0.6) is 5.75 Å². The molecule has 0 bridgehead atoms. The molecule has 0 atom stereocenters. The van der Waals surface area contributed by atoms with Gasteiger partial charge in [0.15, 0.2) is 11.6 Å². The van der Waals surface area contributed by atoms with Crippen molar-refractivity contribution in [2.75, 3.05) is 13.2 Å². The largest absolute Gasteiger partial charge is 0.489 e. The number of hydrogen-bond acceptors (Lipinski definition) is 3. The first-order chi connectivity index (χ1) is 9.99. The molecule has 0 radical (unpaired) electrons. The molecule has 0 fully saturated rings. The van der Waals surface area contributed by atoms with Gasteiger partial charge in [0.2, 0.25) is 10.0 Å². The minimum atomic E-state index is -3.73. The van der Waals surface area contributed by atoms with Crippen molar-refractivity contribution in [1.29, 1.82) is 0 Å². The Bertz CT molecular complexity index is 702. The molecule has 4 nitrogen and oxygen atoms in total. The molecule has 2 rings (SSSR count). The number of rotatable bonds is 6. The van der Waals surface area contributed by atoms with Crippen LogP contribution in [0.4, 0.5) is 8.78 Å². The van der Waals surface area contributed by atoms with Gasteiger partial charge < -0.3 is 4.74 Å². The molecule has 0 heterocycles. The summed E-state index contributed by atoms with van der Waals surface area (Å²) in [6.45, 7) is -0.0601. The lowest BCUT2D eigenvalue weighted by atomic mass is 10.3. The Morgan fingerprint density at radius 3 is 2.33 bits per heavy atom. The van der Waals surface area contributed by atoms with E-state index in [9.17, 15) is 17.2 Å². The third-order valence-electron chi connectivity index (χ3n) is 2.61. The van der Waals surface area contributed by atoms with E-state index >= 15 is 0 Å². The third kappa shape index (κ3) is 4.24. The van der Waals surface area contributed by atoms with Crippen molar-refractivity contribution in [3.05, 3.63) is 60.2 Å². The first-order valence-electron chi connectivity index (χ1n) is 6.11. The van der Waals surface area contributed by atoms with Crippen LogP contribution >= 0.6 is 0 Å². The SMILES string of the molecule is O=S(=O)(NCCOc1ccccc1F)c1ccc(F)cc1. The summed E-state index contributed by atoms with van der Waals surface area (Å²) in [5, 5.41) is 0. The molecule has 0 spiro atoms. The van der Waals surface area contributed by atoms with E-state index in [0.29, 0.717) is 0 Å². The molecule has 2 aromatic rings. The van der Waals surface area contributed by atoms with Gasteiger partial charge in [-0.25, -0.2) is 21.9 Å².